The second-order valence-electron chi connectivity index (χ2n) is 3.46. The molecular weight excluding hydrogens is 262 g/mol. The molecule has 0 saturated carbocycles. The number of nitrogens with zero attached hydrogens (tertiary/aromatic N) is 2. The fourth-order valence-corrected chi connectivity index (χ4v) is 1.88. The van der Waals surface area contributed by atoms with Crippen molar-refractivity contribution < 1.29 is 9.59 Å². The number of likely N-dealkylation sites (N-methyl/N-ethyl adjacent to an activating group) is 1. The monoisotopic (exact) mass is 277 g/mol. The first-order valence-electron chi connectivity index (χ1n) is 4.94. The van der Waals surface area contributed by atoms with Crippen molar-refractivity contribution in [2.45, 2.75) is 0 Å². The highest BCUT2D eigenvalue weighted by Gasteiger charge is 2.20. The Kier molecular flexibility index (Phi) is 5.04. The van der Waals surface area contributed by atoms with Gasteiger partial charge in [0.15, 0.2) is 0 Å². The molecule has 0 spiro atoms. The van der Waals surface area contributed by atoms with Gasteiger partial charge >= 0.3 is 0 Å². The third-order valence-corrected chi connectivity index (χ3v) is 2.97. The standard InChI is InChI=1S/C9H16BrN3O2/c1-11-8(14)7-12-2-4-13(5-3-12)9(15)6-10/h2-7H2,1H3,(H,11,14). The Morgan fingerprint density at radius 1 is 1.27 bits per heavy atom. The zero-order valence-corrected chi connectivity index (χ0v) is 10.4. The first-order valence-corrected chi connectivity index (χ1v) is 6.06. The molecule has 1 aliphatic heterocycles. The number of rotatable bonds is 3. The molecule has 0 atom stereocenters. The normalized spacial score (nSPS) is 17.6. The zero-order valence-electron chi connectivity index (χ0n) is 8.83. The molecule has 1 aliphatic rings. The quantitative estimate of drug-likeness (QED) is 0.693. The summed E-state index contributed by atoms with van der Waals surface area (Å²) < 4.78 is 0. The van der Waals surface area contributed by atoms with Crippen molar-refractivity contribution in [1.29, 1.82) is 0 Å². The number of piperazine rings is 1. The van der Waals surface area contributed by atoms with Gasteiger partial charge in [0.05, 0.1) is 11.9 Å². The van der Waals surface area contributed by atoms with Crippen molar-refractivity contribution in [3.8, 4) is 0 Å². The second-order valence-corrected chi connectivity index (χ2v) is 4.02. The van der Waals surface area contributed by atoms with Crippen LogP contribution in [0.5, 0.6) is 0 Å². The zero-order chi connectivity index (χ0) is 11.3. The van der Waals surface area contributed by atoms with Gasteiger partial charge in [0, 0.05) is 33.2 Å². The summed E-state index contributed by atoms with van der Waals surface area (Å²) >= 11 is 3.15. The third-order valence-electron chi connectivity index (χ3n) is 2.49. The maximum Gasteiger partial charge on any atom is 0.233 e. The lowest BCUT2D eigenvalue weighted by Crippen LogP contribution is -2.51. The molecule has 6 heteroatoms. The van der Waals surface area contributed by atoms with Crippen molar-refractivity contribution in [2.75, 3.05) is 45.1 Å². The second kappa shape index (κ2) is 6.07. The average molecular weight is 278 g/mol. The Bertz CT molecular complexity index is 240. The Morgan fingerprint density at radius 3 is 2.33 bits per heavy atom. The van der Waals surface area contributed by atoms with E-state index in [2.05, 4.69) is 26.1 Å². The Morgan fingerprint density at radius 2 is 1.87 bits per heavy atom. The lowest BCUT2D eigenvalue weighted by Gasteiger charge is -2.33. The Balaban J connectivity index is 2.29. The Labute approximate surface area is 97.9 Å². The molecule has 5 nitrogen and oxygen atoms in total. The highest BCUT2D eigenvalue weighted by Crippen LogP contribution is 2.02. The van der Waals surface area contributed by atoms with Crippen LogP contribution in [0, 0.1) is 0 Å². The number of amides is 2. The van der Waals surface area contributed by atoms with Gasteiger partial charge < -0.3 is 10.2 Å². The van der Waals surface area contributed by atoms with Crippen LogP contribution >= 0.6 is 15.9 Å². The summed E-state index contributed by atoms with van der Waals surface area (Å²) in [6, 6.07) is 0. The first kappa shape index (κ1) is 12.4. The lowest BCUT2D eigenvalue weighted by atomic mass is 10.3. The Hall–Kier alpha value is -0.620. The molecule has 1 rings (SSSR count). The van der Waals surface area contributed by atoms with Crippen LogP contribution in [0.4, 0.5) is 0 Å². The molecular formula is C9H16BrN3O2. The highest BCUT2D eigenvalue weighted by atomic mass is 79.9. The third kappa shape index (κ3) is 3.79. The number of carbonyl (C=O) groups is 2. The molecule has 0 aromatic carbocycles. The van der Waals surface area contributed by atoms with E-state index in [1.807, 2.05) is 4.90 Å². The minimum Gasteiger partial charge on any atom is -0.358 e. The van der Waals surface area contributed by atoms with Gasteiger partial charge in [-0.2, -0.15) is 0 Å². The molecule has 0 unspecified atom stereocenters. The van der Waals surface area contributed by atoms with Gasteiger partial charge in [-0.05, 0) is 0 Å². The smallest absolute Gasteiger partial charge is 0.233 e. The maximum absolute atomic E-state index is 11.3. The molecule has 1 heterocycles. The molecule has 0 bridgehead atoms. The number of carbonyl (C=O) groups excluding carboxylic acids is 2. The summed E-state index contributed by atoms with van der Waals surface area (Å²) in [5.74, 6) is 0.143. The molecule has 0 aliphatic carbocycles. The fourth-order valence-electron chi connectivity index (χ4n) is 1.52. The number of alkyl halides is 1. The summed E-state index contributed by atoms with van der Waals surface area (Å²) in [6.07, 6.45) is 0. The van der Waals surface area contributed by atoms with E-state index >= 15 is 0 Å². The average Bonchev–Trinajstić information content (AvgIpc) is 2.29. The predicted octanol–water partition coefficient (Wildman–Crippen LogP) is -0.728. The molecule has 0 aromatic heterocycles. The van der Waals surface area contributed by atoms with Crippen molar-refractivity contribution in [2.24, 2.45) is 0 Å². The number of halogens is 1. The van der Waals surface area contributed by atoms with Crippen LogP contribution in [-0.2, 0) is 9.59 Å². The largest absolute Gasteiger partial charge is 0.358 e. The minimum absolute atomic E-state index is 0.0234. The molecule has 86 valence electrons. The van der Waals surface area contributed by atoms with Gasteiger partial charge in [0.1, 0.15) is 0 Å². The van der Waals surface area contributed by atoms with Gasteiger partial charge in [0.25, 0.3) is 0 Å². The first-order chi connectivity index (χ1) is 7.17. The summed E-state index contributed by atoms with van der Waals surface area (Å²) in [6.45, 7) is 3.38. The van der Waals surface area contributed by atoms with Crippen LogP contribution in [0.2, 0.25) is 0 Å². The maximum atomic E-state index is 11.3. The van der Waals surface area contributed by atoms with Crippen LogP contribution in [0.3, 0.4) is 0 Å². The molecule has 0 radical (unpaired) electrons. The summed E-state index contributed by atoms with van der Waals surface area (Å²) in [7, 11) is 1.63. The van der Waals surface area contributed by atoms with Crippen molar-refractivity contribution in [1.82, 2.24) is 15.1 Å². The molecule has 1 saturated heterocycles. The van der Waals surface area contributed by atoms with Gasteiger partial charge in [0.2, 0.25) is 11.8 Å². The number of nitrogens with one attached hydrogen (secondary N) is 1. The molecule has 0 aromatic rings. The highest BCUT2D eigenvalue weighted by molar-refractivity contribution is 9.09. The van der Waals surface area contributed by atoms with Crippen LogP contribution in [0.15, 0.2) is 0 Å². The lowest BCUT2D eigenvalue weighted by molar-refractivity contribution is -0.130. The van der Waals surface area contributed by atoms with E-state index in [1.165, 1.54) is 0 Å². The SMILES string of the molecule is CNC(=O)CN1CCN(C(=O)CBr)CC1. The fraction of sp³-hybridized carbons (Fsp3) is 0.778. The summed E-state index contributed by atoms with van der Waals surface area (Å²) in [5, 5.41) is 2.97. The van der Waals surface area contributed by atoms with Gasteiger partial charge in [-0.3, -0.25) is 14.5 Å². The van der Waals surface area contributed by atoms with Gasteiger partial charge in [-0.1, -0.05) is 15.9 Å². The van der Waals surface area contributed by atoms with Gasteiger partial charge in [-0.25, -0.2) is 0 Å². The van der Waals surface area contributed by atoms with Crippen molar-refractivity contribution in [3.63, 3.8) is 0 Å². The van der Waals surface area contributed by atoms with E-state index in [4.69, 9.17) is 0 Å². The van der Waals surface area contributed by atoms with Crippen molar-refractivity contribution >= 4 is 27.7 Å². The van der Waals surface area contributed by atoms with Crippen LogP contribution in [0.1, 0.15) is 0 Å². The van der Waals surface area contributed by atoms with E-state index in [0.29, 0.717) is 25.0 Å². The van der Waals surface area contributed by atoms with E-state index in [0.717, 1.165) is 13.1 Å². The molecule has 2 amide bonds. The minimum atomic E-state index is 0.0234. The summed E-state index contributed by atoms with van der Waals surface area (Å²) in [4.78, 5) is 26.3. The van der Waals surface area contributed by atoms with E-state index in [9.17, 15) is 9.59 Å². The van der Waals surface area contributed by atoms with Crippen LogP contribution < -0.4 is 5.32 Å². The molecule has 1 fully saturated rings. The van der Waals surface area contributed by atoms with Crippen molar-refractivity contribution in [3.05, 3.63) is 0 Å². The number of hydrogen-bond donors (Lipinski definition) is 1. The van der Waals surface area contributed by atoms with E-state index in [-0.39, 0.29) is 11.8 Å². The molecule has 15 heavy (non-hydrogen) atoms. The van der Waals surface area contributed by atoms with E-state index < -0.39 is 0 Å². The van der Waals surface area contributed by atoms with Gasteiger partial charge in [-0.15, -0.1) is 0 Å². The van der Waals surface area contributed by atoms with Crippen LogP contribution in [-0.4, -0.2) is 66.7 Å². The topological polar surface area (TPSA) is 52.7 Å². The summed E-state index contributed by atoms with van der Waals surface area (Å²) in [5.41, 5.74) is 0. The van der Waals surface area contributed by atoms with Crippen LogP contribution in [0.25, 0.3) is 0 Å². The molecule has 1 N–H and O–H groups in total. The number of hydrogen-bond acceptors (Lipinski definition) is 3. The predicted molar refractivity (Wildman–Crippen MR) is 60.9 cm³/mol. The van der Waals surface area contributed by atoms with E-state index in [1.54, 1.807) is 7.05 Å².